The third-order valence-electron chi connectivity index (χ3n) is 4.60. The summed E-state index contributed by atoms with van der Waals surface area (Å²) in [7, 11) is 1.35. The minimum absolute atomic E-state index is 0.0845. The Morgan fingerprint density at radius 1 is 1.44 bits per heavy atom. The Balaban J connectivity index is 1.74. The van der Waals surface area contributed by atoms with Crippen LogP contribution in [0.1, 0.15) is 48.0 Å². The summed E-state index contributed by atoms with van der Waals surface area (Å²) >= 11 is 0. The van der Waals surface area contributed by atoms with Gasteiger partial charge in [0.2, 0.25) is 5.76 Å². The number of fused-ring (bicyclic) bond motifs is 2. The van der Waals surface area contributed by atoms with E-state index in [0.717, 1.165) is 11.8 Å². The summed E-state index contributed by atoms with van der Waals surface area (Å²) in [5.74, 6) is 2.64. The maximum absolute atomic E-state index is 11.3. The lowest BCUT2D eigenvalue weighted by atomic mass is 9.83. The molecular weight excluding hydrogens is 230 g/mol. The van der Waals surface area contributed by atoms with Crippen LogP contribution in [0.2, 0.25) is 0 Å². The SMILES string of the molecule is COC(=O)c1ccc(C(N)C2CC3CCC2C3)o1. The van der Waals surface area contributed by atoms with Crippen molar-refractivity contribution < 1.29 is 13.9 Å². The zero-order valence-electron chi connectivity index (χ0n) is 10.6. The molecule has 4 unspecified atom stereocenters. The number of methoxy groups -OCH3 is 1. The highest BCUT2D eigenvalue weighted by molar-refractivity contribution is 5.86. The standard InChI is InChI=1S/C14H19NO3/c1-17-14(16)12-5-4-11(18-12)13(15)10-7-8-2-3-9(10)6-8/h4-5,8-10,13H,2-3,6-7,15H2,1H3. The molecule has 18 heavy (non-hydrogen) atoms. The summed E-state index contributed by atoms with van der Waals surface area (Å²) in [6.45, 7) is 0. The molecule has 0 radical (unpaired) electrons. The third kappa shape index (κ3) is 1.85. The van der Waals surface area contributed by atoms with E-state index in [1.165, 1.54) is 32.8 Å². The molecule has 2 fully saturated rings. The maximum atomic E-state index is 11.3. The van der Waals surface area contributed by atoms with Crippen LogP contribution in [-0.2, 0) is 4.74 Å². The second kappa shape index (κ2) is 4.43. The zero-order valence-corrected chi connectivity index (χ0v) is 10.6. The molecule has 0 aromatic carbocycles. The second-order valence-electron chi connectivity index (χ2n) is 5.56. The Morgan fingerprint density at radius 3 is 2.89 bits per heavy atom. The first-order valence-electron chi connectivity index (χ1n) is 6.62. The monoisotopic (exact) mass is 249 g/mol. The van der Waals surface area contributed by atoms with E-state index in [-0.39, 0.29) is 11.8 Å². The minimum Gasteiger partial charge on any atom is -0.463 e. The molecule has 0 amide bonds. The molecule has 2 saturated carbocycles. The number of carbonyl (C=O) groups excluding carboxylic acids is 1. The highest BCUT2D eigenvalue weighted by atomic mass is 16.5. The Labute approximate surface area is 106 Å². The van der Waals surface area contributed by atoms with E-state index in [4.69, 9.17) is 10.2 Å². The van der Waals surface area contributed by atoms with Gasteiger partial charge in [-0.15, -0.1) is 0 Å². The van der Waals surface area contributed by atoms with Gasteiger partial charge in [-0.05, 0) is 49.1 Å². The van der Waals surface area contributed by atoms with Crippen LogP contribution in [-0.4, -0.2) is 13.1 Å². The molecule has 2 bridgehead atoms. The number of furan rings is 1. The number of carbonyl (C=O) groups is 1. The van der Waals surface area contributed by atoms with Gasteiger partial charge in [0.1, 0.15) is 5.76 Å². The molecule has 1 aromatic rings. The number of rotatable bonds is 3. The fourth-order valence-corrected chi connectivity index (χ4v) is 3.69. The van der Waals surface area contributed by atoms with Crippen LogP contribution in [0.15, 0.2) is 16.5 Å². The quantitative estimate of drug-likeness (QED) is 0.836. The minimum atomic E-state index is -0.443. The maximum Gasteiger partial charge on any atom is 0.373 e. The van der Waals surface area contributed by atoms with Crippen molar-refractivity contribution in [2.24, 2.45) is 23.5 Å². The molecule has 1 aromatic heterocycles. The van der Waals surface area contributed by atoms with Crippen molar-refractivity contribution in [3.63, 3.8) is 0 Å². The first kappa shape index (κ1) is 11.8. The van der Waals surface area contributed by atoms with Gasteiger partial charge < -0.3 is 14.9 Å². The predicted octanol–water partition coefficient (Wildman–Crippen LogP) is 2.50. The lowest BCUT2D eigenvalue weighted by molar-refractivity contribution is 0.0561. The lowest BCUT2D eigenvalue weighted by Gasteiger charge is -2.26. The van der Waals surface area contributed by atoms with Gasteiger partial charge in [0, 0.05) is 0 Å². The Bertz CT molecular complexity index is 454. The van der Waals surface area contributed by atoms with Crippen molar-refractivity contribution >= 4 is 5.97 Å². The van der Waals surface area contributed by atoms with Crippen LogP contribution in [0.5, 0.6) is 0 Å². The third-order valence-corrected chi connectivity index (χ3v) is 4.60. The van der Waals surface area contributed by atoms with Crippen molar-refractivity contribution in [2.45, 2.75) is 31.7 Å². The molecule has 0 aliphatic heterocycles. The molecule has 98 valence electrons. The van der Waals surface area contributed by atoms with Crippen LogP contribution in [0.4, 0.5) is 0 Å². The van der Waals surface area contributed by atoms with E-state index in [1.54, 1.807) is 6.07 Å². The summed E-state index contributed by atoms with van der Waals surface area (Å²) in [4.78, 5) is 11.3. The zero-order chi connectivity index (χ0) is 12.7. The molecule has 2 N–H and O–H groups in total. The van der Waals surface area contributed by atoms with Gasteiger partial charge in [0.25, 0.3) is 0 Å². The van der Waals surface area contributed by atoms with Gasteiger partial charge in [-0.1, -0.05) is 6.42 Å². The normalized spacial score (nSPS) is 31.6. The Hall–Kier alpha value is -1.29. The smallest absolute Gasteiger partial charge is 0.373 e. The van der Waals surface area contributed by atoms with Crippen molar-refractivity contribution in [3.05, 3.63) is 23.7 Å². The summed E-state index contributed by atoms with van der Waals surface area (Å²) in [6, 6.07) is 3.37. The van der Waals surface area contributed by atoms with Gasteiger partial charge in [-0.3, -0.25) is 0 Å². The first-order chi connectivity index (χ1) is 8.69. The fraction of sp³-hybridized carbons (Fsp3) is 0.643. The van der Waals surface area contributed by atoms with Crippen molar-refractivity contribution in [1.29, 1.82) is 0 Å². The number of esters is 1. The number of hydrogen-bond acceptors (Lipinski definition) is 4. The molecule has 4 atom stereocenters. The molecule has 3 rings (SSSR count). The number of ether oxygens (including phenoxy) is 1. The van der Waals surface area contributed by atoms with E-state index in [1.807, 2.05) is 6.07 Å². The second-order valence-corrected chi connectivity index (χ2v) is 5.56. The van der Waals surface area contributed by atoms with Crippen LogP contribution in [0, 0.1) is 17.8 Å². The Morgan fingerprint density at radius 2 is 2.28 bits per heavy atom. The molecular formula is C14H19NO3. The van der Waals surface area contributed by atoms with Crippen molar-refractivity contribution in [2.75, 3.05) is 7.11 Å². The van der Waals surface area contributed by atoms with Crippen LogP contribution >= 0.6 is 0 Å². The molecule has 0 saturated heterocycles. The van der Waals surface area contributed by atoms with Gasteiger partial charge in [-0.2, -0.15) is 0 Å². The Kier molecular flexibility index (Phi) is 2.90. The van der Waals surface area contributed by atoms with Gasteiger partial charge in [0.05, 0.1) is 13.2 Å². The lowest BCUT2D eigenvalue weighted by Crippen LogP contribution is -2.25. The van der Waals surface area contributed by atoms with E-state index in [2.05, 4.69) is 4.74 Å². The molecule has 2 aliphatic carbocycles. The van der Waals surface area contributed by atoms with Gasteiger partial charge in [0.15, 0.2) is 0 Å². The summed E-state index contributed by atoms with van der Waals surface area (Å²) in [5.41, 5.74) is 6.30. The van der Waals surface area contributed by atoms with Gasteiger partial charge >= 0.3 is 5.97 Å². The van der Waals surface area contributed by atoms with E-state index in [9.17, 15) is 4.79 Å². The van der Waals surface area contributed by atoms with Gasteiger partial charge in [-0.25, -0.2) is 4.79 Å². The largest absolute Gasteiger partial charge is 0.463 e. The van der Waals surface area contributed by atoms with Crippen molar-refractivity contribution in [3.8, 4) is 0 Å². The molecule has 4 heteroatoms. The summed E-state index contributed by atoms with van der Waals surface area (Å²) in [6.07, 6.45) is 5.19. The summed E-state index contributed by atoms with van der Waals surface area (Å²) < 4.78 is 10.1. The highest BCUT2D eigenvalue weighted by Gasteiger charge is 2.43. The number of hydrogen-bond donors (Lipinski definition) is 1. The average Bonchev–Trinajstić information content (AvgIpc) is 3.11. The fourth-order valence-electron chi connectivity index (χ4n) is 3.69. The van der Waals surface area contributed by atoms with E-state index < -0.39 is 5.97 Å². The summed E-state index contributed by atoms with van der Waals surface area (Å²) in [5, 5.41) is 0. The topological polar surface area (TPSA) is 65.5 Å². The van der Waals surface area contributed by atoms with Crippen LogP contribution < -0.4 is 5.73 Å². The molecule has 4 nitrogen and oxygen atoms in total. The van der Waals surface area contributed by atoms with Crippen LogP contribution in [0.25, 0.3) is 0 Å². The van der Waals surface area contributed by atoms with E-state index >= 15 is 0 Å². The first-order valence-corrected chi connectivity index (χ1v) is 6.62. The molecule has 1 heterocycles. The molecule has 0 spiro atoms. The van der Waals surface area contributed by atoms with Crippen LogP contribution in [0.3, 0.4) is 0 Å². The molecule has 2 aliphatic rings. The highest BCUT2D eigenvalue weighted by Crippen LogP contribution is 2.52. The predicted molar refractivity (Wildman–Crippen MR) is 65.9 cm³/mol. The average molecular weight is 249 g/mol. The van der Waals surface area contributed by atoms with E-state index in [0.29, 0.717) is 11.7 Å². The van der Waals surface area contributed by atoms with Crippen molar-refractivity contribution in [1.82, 2.24) is 0 Å². The number of nitrogens with two attached hydrogens (primary N) is 1.